The van der Waals surface area contributed by atoms with Crippen LogP contribution in [0.3, 0.4) is 0 Å². The van der Waals surface area contributed by atoms with Crippen molar-refractivity contribution < 1.29 is 14.7 Å². The van der Waals surface area contributed by atoms with Crippen LogP contribution in [0.1, 0.15) is 52.5 Å². The number of urea groups is 1. The molecule has 2 atom stereocenters. The highest BCUT2D eigenvalue weighted by atomic mass is 16.3. The molecule has 0 unspecified atom stereocenters. The quantitative estimate of drug-likeness (QED) is 0.289. The summed E-state index contributed by atoms with van der Waals surface area (Å²) in [4.78, 5) is 30.2. The predicted octanol–water partition coefficient (Wildman–Crippen LogP) is 6.02. The van der Waals surface area contributed by atoms with Gasteiger partial charge >= 0.3 is 6.03 Å². The number of phenolic OH excluding ortho intramolecular Hbond substituents is 1. The van der Waals surface area contributed by atoms with E-state index in [2.05, 4.69) is 87.9 Å². The van der Waals surface area contributed by atoms with Gasteiger partial charge in [0.15, 0.2) is 0 Å². The highest BCUT2D eigenvalue weighted by Crippen LogP contribution is 2.47. The van der Waals surface area contributed by atoms with Gasteiger partial charge < -0.3 is 10.0 Å². The molecular weight excluding hydrogens is 548 g/mol. The number of hydrogen-bond acceptors (Lipinski definition) is 5. The molecule has 224 valence electrons. The lowest BCUT2D eigenvalue weighted by molar-refractivity contribution is -0.120. The Hall–Kier alpha value is -4.62. The molecule has 2 saturated heterocycles. The van der Waals surface area contributed by atoms with Crippen LogP contribution < -0.4 is 15.1 Å². The van der Waals surface area contributed by atoms with Gasteiger partial charge in [-0.3, -0.25) is 19.9 Å². The minimum absolute atomic E-state index is 0.216. The van der Waals surface area contributed by atoms with Crippen molar-refractivity contribution in [1.29, 1.82) is 0 Å². The number of piperazine rings is 1. The van der Waals surface area contributed by atoms with Gasteiger partial charge in [-0.15, -0.1) is 0 Å². The van der Waals surface area contributed by atoms with Gasteiger partial charge in [0.2, 0.25) is 5.91 Å². The normalized spacial score (nSPS) is 20.7. The Morgan fingerprint density at radius 3 is 2.18 bits per heavy atom. The molecule has 0 aromatic heterocycles. The Bertz CT molecular complexity index is 1630. The van der Waals surface area contributed by atoms with Gasteiger partial charge in [0.25, 0.3) is 0 Å². The summed E-state index contributed by atoms with van der Waals surface area (Å²) in [5.41, 5.74) is 8.57. The number of carbonyl (C=O) groups is 2. The van der Waals surface area contributed by atoms with E-state index in [1.54, 1.807) is 4.90 Å². The number of hydrogen-bond donors (Lipinski definition) is 2. The Balaban J connectivity index is 1.00. The molecule has 1 aliphatic carbocycles. The van der Waals surface area contributed by atoms with Crippen molar-refractivity contribution in [2.75, 3.05) is 42.5 Å². The Labute approximate surface area is 258 Å². The number of benzene rings is 4. The number of nitrogens with zero attached hydrogens (tertiary/aromatic N) is 3. The fourth-order valence-electron chi connectivity index (χ4n) is 7.18. The van der Waals surface area contributed by atoms with E-state index in [0.717, 1.165) is 51.3 Å². The van der Waals surface area contributed by atoms with Crippen LogP contribution in [0.25, 0.3) is 0 Å². The van der Waals surface area contributed by atoms with Gasteiger partial charge in [-0.05, 0) is 83.0 Å². The maximum absolute atomic E-state index is 12.2. The Morgan fingerprint density at radius 2 is 1.45 bits per heavy atom. The highest BCUT2D eigenvalue weighted by molar-refractivity contribution is 6.05. The van der Waals surface area contributed by atoms with E-state index in [0.29, 0.717) is 24.6 Å². The monoisotopic (exact) mass is 586 g/mol. The molecule has 7 nitrogen and oxygen atoms in total. The van der Waals surface area contributed by atoms with Gasteiger partial charge in [0, 0.05) is 63.0 Å². The second kappa shape index (κ2) is 12.2. The summed E-state index contributed by atoms with van der Waals surface area (Å²) >= 11 is 0. The van der Waals surface area contributed by atoms with Crippen LogP contribution in [0.2, 0.25) is 0 Å². The first-order valence-corrected chi connectivity index (χ1v) is 15.7. The second-order valence-corrected chi connectivity index (χ2v) is 12.2. The maximum atomic E-state index is 12.2. The zero-order valence-corrected chi connectivity index (χ0v) is 24.9. The molecule has 2 fully saturated rings. The molecule has 0 saturated carbocycles. The SMILES string of the molecule is O=C1CCN(c2ccc(CN3CCN(c4ccc([C@H]5c6ccc(O)cc6CC[C@H]5c5ccccc5)cc4)CC3)cc2)C(=O)N1. The minimum atomic E-state index is -0.349. The summed E-state index contributed by atoms with van der Waals surface area (Å²) in [5.74, 6) is 0.785. The van der Waals surface area contributed by atoms with Crippen molar-refractivity contribution in [2.45, 2.75) is 37.6 Å². The summed E-state index contributed by atoms with van der Waals surface area (Å²) in [5, 5.41) is 12.5. The predicted molar refractivity (Wildman–Crippen MR) is 173 cm³/mol. The molecule has 3 aliphatic rings. The molecule has 7 heteroatoms. The molecule has 0 spiro atoms. The van der Waals surface area contributed by atoms with E-state index < -0.39 is 0 Å². The lowest BCUT2D eigenvalue weighted by Crippen LogP contribution is -2.49. The van der Waals surface area contributed by atoms with Gasteiger partial charge in [0.1, 0.15) is 5.75 Å². The molecule has 0 bridgehead atoms. The average Bonchev–Trinajstić information content (AvgIpc) is 3.05. The maximum Gasteiger partial charge on any atom is 0.328 e. The van der Waals surface area contributed by atoms with Crippen molar-refractivity contribution >= 4 is 23.3 Å². The highest BCUT2D eigenvalue weighted by Gasteiger charge is 2.32. The summed E-state index contributed by atoms with van der Waals surface area (Å²) in [6.45, 7) is 5.19. The number of carbonyl (C=O) groups excluding carboxylic acids is 2. The topological polar surface area (TPSA) is 76.1 Å². The van der Waals surface area contributed by atoms with Crippen molar-refractivity contribution in [1.82, 2.24) is 10.2 Å². The molecule has 2 N–H and O–H groups in total. The second-order valence-electron chi connectivity index (χ2n) is 12.2. The van der Waals surface area contributed by atoms with Crippen LogP contribution in [-0.2, 0) is 17.8 Å². The third kappa shape index (κ3) is 5.80. The fraction of sp³-hybridized carbons (Fsp3) is 0.297. The van der Waals surface area contributed by atoms with E-state index >= 15 is 0 Å². The number of anilines is 2. The first-order valence-electron chi connectivity index (χ1n) is 15.7. The third-order valence-corrected chi connectivity index (χ3v) is 9.51. The molecular formula is C37H38N4O3. The molecule has 44 heavy (non-hydrogen) atoms. The zero-order chi connectivity index (χ0) is 30.0. The smallest absolute Gasteiger partial charge is 0.328 e. The van der Waals surface area contributed by atoms with Crippen LogP contribution in [0.5, 0.6) is 5.75 Å². The first kappa shape index (κ1) is 28.2. The summed E-state index contributed by atoms with van der Waals surface area (Å²) < 4.78 is 0. The summed E-state index contributed by atoms with van der Waals surface area (Å²) in [7, 11) is 0. The lowest BCUT2D eigenvalue weighted by Gasteiger charge is -2.37. The van der Waals surface area contributed by atoms with E-state index in [9.17, 15) is 14.7 Å². The number of amides is 3. The molecule has 4 aromatic carbocycles. The number of phenols is 1. The van der Waals surface area contributed by atoms with Crippen LogP contribution in [0.4, 0.5) is 16.2 Å². The van der Waals surface area contributed by atoms with Crippen molar-refractivity contribution in [2.24, 2.45) is 0 Å². The van der Waals surface area contributed by atoms with Crippen LogP contribution in [0.15, 0.2) is 97.1 Å². The van der Waals surface area contributed by atoms with E-state index in [1.165, 1.54) is 33.5 Å². The lowest BCUT2D eigenvalue weighted by atomic mass is 9.69. The van der Waals surface area contributed by atoms with E-state index in [1.807, 2.05) is 24.3 Å². The number of imide groups is 1. The molecule has 2 aliphatic heterocycles. The average molecular weight is 587 g/mol. The molecule has 4 aromatic rings. The molecule has 3 amide bonds. The number of aryl methyl sites for hydroxylation is 1. The van der Waals surface area contributed by atoms with Crippen molar-refractivity contribution in [3.8, 4) is 5.75 Å². The van der Waals surface area contributed by atoms with Gasteiger partial charge in [-0.2, -0.15) is 0 Å². The van der Waals surface area contributed by atoms with Gasteiger partial charge in [-0.25, -0.2) is 4.79 Å². The Kier molecular flexibility index (Phi) is 7.79. The summed E-state index contributed by atoms with van der Waals surface area (Å²) in [6, 6.07) is 33.7. The molecule has 7 rings (SSSR count). The Morgan fingerprint density at radius 1 is 0.727 bits per heavy atom. The van der Waals surface area contributed by atoms with Crippen LogP contribution in [0, 0.1) is 0 Å². The third-order valence-electron chi connectivity index (χ3n) is 9.51. The van der Waals surface area contributed by atoms with Crippen LogP contribution >= 0.6 is 0 Å². The molecule has 0 radical (unpaired) electrons. The zero-order valence-electron chi connectivity index (χ0n) is 24.9. The van der Waals surface area contributed by atoms with E-state index in [4.69, 9.17) is 0 Å². The van der Waals surface area contributed by atoms with Crippen molar-refractivity contribution in [3.63, 3.8) is 0 Å². The number of nitrogens with one attached hydrogen (secondary N) is 1. The number of rotatable bonds is 6. The van der Waals surface area contributed by atoms with Crippen LogP contribution in [-0.4, -0.2) is 54.7 Å². The van der Waals surface area contributed by atoms with E-state index in [-0.39, 0.29) is 17.9 Å². The first-order chi connectivity index (χ1) is 21.5. The summed E-state index contributed by atoms with van der Waals surface area (Å²) in [6.07, 6.45) is 2.37. The number of aromatic hydroxyl groups is 1. The van der Waals surface area contributed by atoms with Gasteiger partial charge in [0.05, 0.1) is 0 Å². The molecule has 2 heterocycles. The van der Waals surface area contributed by atoms with Crippen molar-refractivity contribution in [3.05, 3.63) is 125 Å². The van der Waals surface area contributed by atoms with Gasteiger partial charge in [-0.1, -0.05) is 60.7 Å². The number of fused-ring (bicyclic) bond motifs is 1. The fourth-order valence-corrected chi connectivity index (χ4v) is 7.18. The standard InChI is InChI=1S/C37H38N4O3/c42-32-15-17-34-29(24-32)10-16-33(27-4-2-1-3-5-27)36(34)28-8-13-30(14-9-28)40-22-20-39(21-23-40)25-26-6-11-31(12-7-26)41-19-18-35(43)38-37(41)44/h1-9,11-15,17,24,33,36,42H,10,16,18-23,25H2,(H,38,43,44)/t33-,36+/m0/s1. The minimum Gasteiger partial charge on any atom is -0.508 e. The largest absolute Gasteiger partial charge is 0.508 e.